The van der Waals surface area contributed by atoms with Gasteiger partial charge in [0.25, 0.3) is 0 Å². The predicted molar refractivity (Wildman–Crippen MR) is 61.0 cm³/mol. The Kier molecular flexibility index (Phi) is 2.69. The molecular weight excluding hydrogens is 202 g/mol. The van der Waals surface area contributed by atoms with Gasteiger partial charge in [-0.1, -0.05) is 0 Å². The number of rotatable bonds is 4. The van der Waals surface area contributed by atoms with E-state index in [1.807, 2.05) is 17.9 Å². The quantitative estimate of drug-likeness (QED) is 0.831. The van der Waals surface area contributed by atoms with Crippen LogP contribution in [0.15, 0.2) is 12.4 Å². The van der Waals surface area contributed by atoms with Crippen LogP contribution in [0.4, 0.5) is 0 Å². The topological polar surface area (TPSA) is 39.1 Å². The summed E-state index contributed by atoms with van der Waals surface area (Å²) < 4.78 is 7.67. The molecule has 0 radical (unpaired) electrons. The van der Waals surface area contributed by atoms with Crippen LogP contribution in [-0.4, -0.2) is 29.0 Å². The highest BCUT2D eigenvalue weighted by Crippen LogP contribution is 2.34. The number of hydrogen-bond donors (Lipinski definition) is 1. The fourth-order valence-corrected chi connectivity index (χ4v) is 2.40. The normalized spacial score (nSPS) is 29.8. The minimum atomic E-state index is 0.250. The van der Waals surface area contributed by atoms with E-state index < -0.39 is 0 Å². The van der Waals surface area contributed by atoms with Gasteiger partial charge in [-0.25, -0.2) is 0 Å². The number of aromatic nitrogens is 2. The van der Waals surface area contributed by atoms with Gasteiger partial charge in [0.2, 0.25) is 0 Å². The van der Waals surface area contributed by atoms with E-state index in [9.17, 15) is 0 Å². The molecule has 2 aliphatic rings. The van der Waals surface area contributed by atoms with Crippen LogP contribution in [0.3, 0.4) is 0 Å². The third-order valence-electron chi connectivity index (χ3n) is 3.51. The molecule has 0 aromatic carbocycles. The van der Waals surface area contributed by atoms with Crippen LogP contribution in [0.2, 0.25) is 0 Å². The Bertz CT molecular complexity index is 359. The molecular formula is C12H19N3O. The third kappa shape index (κ3) is 2.13. The van der Waals surface area contributed by atoms with E-state index in [4.69, 9.17) is 4.74 Å². The van der Waals surface area contributed by atoms with Crippen LogP contribution in [-0.2, 0) is 11.8 Å². The monoisotopic (exact) mass is 221 g/mol. The molecule has 2 unspecified atom stereocenters. The molecule has 1 N–H and O–H groups in total. The number of ether oxygens (including phenoxy) is 1. The van der Waals surface area contributed by atoms with Gasteiger partial charge in [-0.05, 0) is 19.3 Å². The van der Waals surface area contributed by atoms with Gasteiger partial charge in [-0.3, -0.25) is 4.68 Å². The summed E-state index contributed by atoms with van der Waals surface area (Å²) in [5.74, 6) is 0.616. The molecule has 88 valence electrons. The molecule has 1 saturated carbocycles. The Morgan fingerprint density at radius 1 is 1.50 bits per heavy atom. The van der Waals surface area contributed by atoms with Crippen molar-refractivity contribution in [2.45, 2.75) is 31.4 Å². The predicted octanol–water partition coefficient (Wildman–Crippen LogP) is 1.25. The molecule has 0 spiro atoms. The summed E-state index contributed by atoms with van der Waals surface area (Å²) in [4.78, 5) is 0. The lowest BCUT2D eigenvalue weighted by molar-refractivity contribution is 0.0904. The summed E-state index contributed by atoms with van der Waals surface area (Å²) in [6.07, 6.45) is 8.12. The van der Waals surface area contributed by atoms with Crippen molar-refractivity contribution in [2.24, 2.45) is 13.0 Å². The van der Waals surface area contributed by atoms with Crippen molar-refractivity contribution < 1.29 is 4.74 Å². The number of hydrogen-bond acceptors (Lipinski definition) is 3. The molecule has 0 bridgehead atoms. The molecule has 4 nitrogen and oxygen atoms in total. The SMILES string of the molecule is Cn1cc(C2OCCC2CNC2CC2)cn1. The van der Waals surface area contributed by atoms with E-state index in [2.05, 4.69) is 16.6 Å². The molecule has 1 saturated heterocycles. The second kappa shape index (κ2) is 4.18. The highest BCUT2D eigenvalue weighted by molar-refractivity contribution is 5.11. The van der Waals surface area contributed by atoms with Crippen molar-refractivity contribution in [1.82, 2.24) is 15.1 Å². The van der Waals surface area contributed by atoms with Gasteiger partial charge >= 0.3 is 0 Å². The fourth-order valence-electron chi connectivity index (χ4n) is 2.40. The fraction of sp³-hybridized carbons (Fsp3) is 0.750. The summed E-state index contributed by atoms with van der Waals surface area (Å²) in [5.41, 5.74) is 1.22. The van der Waals surface area contributed by atoms with Crippen LogP contribution in [0.5, 0.6) is 0 Å². The highest BCUT2D eigenvalue weighted by atomic mass is 16.5. The first kappa shape index (κ1) is 10.3. The zero-order chi connectivity index (χ0) is 11.0. The molecule has 2 atom stereocenters. The molecule has 2 fully saturated rings. The van der Waals surface area contributed by atoms with E-state index in [0.717, 1.165) is 19.2 Å². The summed E-state index contributed by atoms with van der Waals surface area (Å²) in [5, 5.41) is 7.82. The lowest BCUT2D eigenvalue weighted by atomic mass is 9.97. The summed E-state index contributed by atoms with van der Waals surface area (Å²) in [7, 11) is 1.95. The van der Waals surface area contributed by atoms with Gasteiger partial charge in [0.05, 0.1) is 12.3 Å². The van der Waals surface area contributed by atoms with Crippen LogP contribution in [0.1, 0.15) is 30.9 Å². The molecule has 16 heavy (non-hydrogen) atoms. The third-order valence-corrected chi connectivity index (χ3v) is 3.51. The van der Waals surface area contributed by atoms with E-state index in [0.29, 0.717) is 5.92 Å². The summed E-state index contributed by atoms with van der Waals surface area (Å²) in [6.45, 7) is 1.97. The average molecular weight is 221 g/mol. The lowest BCUT2D eigenvalue weighted by Gasteiger charge is -2.17. The largest absolute Gasteiger partial charge is 0.373 e. The average Bonchev–Trinajstić information content (AvgIpc) is 2.82. The first-order valence-corrected chi connectivity index (χ1v) is 6.16. The van der Waals surface area contributed by atoms with Crippen molar-refractivity contribution in [3.63, 3.8) is 0 Å². The minimum absolute atomic E-state index is 0.250. The Balaban J connectivity index is 1.63. The van der Waals surface area contributed by atoms with E-state index in [1.54, 1.807) is 0 Å². The molecule has 1 aromatic heterocycles. The van der Waals surface area contributed by atoms with Crippen LogP contribution in [0.25, 0.3) is 0 Å². The molecule has 4 heteroatoms. The van der Waals surface area contributed by atoms with Gasteiger partial charge < -0.3 is 10.1 Å². The van der Waals surface area contributed by atoms with Crippen LogP contribution >= 0.6 is 0 Å². The zero-order valence-corrected chi connectivity index (χ0v) is 9.72. The van der Waals surface area contributed by atoms with E-state index >= 15 is 0 Å². The van der Waals surface area contributed by atoms with E-state index in [-0.39, 0.29) is 6.10 Å². The molecule has 1 aliphatic heterocycles. The smallest absolute Gasteiger partial charge is 0.0896 e. The van der Waals surface area contributed by atoms with Crippen molar-refractivity contribution in [3.8, 4) is 0 Å². The zero-order valence-electron chi connectivity index (χ0n) is 9.72. The standard InChI is InChI=1S/C12H19N3O/c1-15-8-10(7-14-15)12-9(4-5-16-12)6-13-11-2-3-11/h7-9,11-13H,2-6H2,1H3. The van der Waals surface area contributed by atoms with Crippen LogP contribution in [0, 0.1) is 5.92 Å². The summed E-state index contributed by atoms with van der Waals surface area (Å²) in [6, 6.07) is 0.787. The first-order chi connectivity index (χ1) is 7.83. The molecule has 1 aliphatic carbocycles. The Morgan fingerprint density at radius 3 is 3.06 bits per heavy atom. The van der Waals surface area contributed by atoms with Gasteiger partial charge in [0.1, 0.15) is 0 Å². The van der Waals surface area contributed by atoms with E-state index in [1.165, 1.54) is 24.8 Å². The molecule has 3 rings (SSSR count). The maximum Gasteiger partial charge on any atom is 0.0896 e. The molecule has 1 aromatic rings. The van der Waals surface area contributed by atoms with Crippen molar-refractivity contribution in [1.29, 1.82) is 0 Å². The molecule has 0 amide bonds. The number of aryl methyl sites for hydroxylation is 1. The number of nitrogens with one attached hydrogen (secondary N) is 1. The Hall–Kier alpha value is -0.870. The Morgan fingerprint density at radius 2 is 2.38 bits per heavy atom. The van der Waals surface area contributed by atoms with Crippen molar-refractivity contribution in [3.05, 3.63) is 18.0 Å². The minimum Gasteiger partial charge on any atom is -0.373 e. The number of nitrogens with zero attached hydrogens (tertiary/aromatic N) is 2. The maximum absolute atomic E-state index is 5.82. The highest BCUT2D eigenvalue weighted by Gasteiger charge is 2.32. The van der Waals surface area contributed by atoms with Gasteiger partial charge in [0.15, 0.2) is 0 Å². The second-order valence-corrected chi connectivity index (χ2v) is 4.97. The molecule has 2 heterocycles. The first-order valence-electron chi connectivity index (χ1n) is 6.16. The second-order valence-electron chi connectivity index (χ2n) is 4.97. The maximum atomic E-state index is 5.82. The van der Waals surface area contributed by atoms with Gasteiger partial charge in [-0.2, -0.15) is 5.10 Å². The van der Waals surface area contributed by atoms with Crippen molar-refractivity contribution in [2.75, 3.05) is 13.2 Å². The van der Waals surface area contributed by atoms with Gasteiger partial charge in [0, 0.05) is 43.9 Å². The van der Waals surface area contributed by atoms with Gasteiger partial charge in [-0.15, -0.1) is 0 Å². The van der Waals surface area contributed by atoms with Crippen molar-refractivity contribution >= 4 is 0 Å². The Labute approximate surface area is 96.0 Å². The summed E-state index contributed by atoms with van der Waals surface area (Å²) >= 11 is 0. The van der Waals surface area contributed by atoms with Crippen LogP contribution < -0.4 is 5.32 Å². The lowest BCUT2D eigenvalue weighted by Crippen LogP contribution is -2.26.